The van der Waals surface area contributed by atoms with Gasteiger partial charge in [0.05, 0.1) is 25.5 Å². The number of rotatable bonds is 10. The van der Waals surface area contributed by atoms with Crippen LogP contribution in [0.2, 0.25) is 0 Å². The van der Waals surface area contributed by atoms with E-state index in [0.717, 1.165) is 11.1 Å². The van der Waals surface area contributed by atoms with E-state index in [9.17, 15) is 9.18 Å². The Hall–Kier alpha value is -3.35. The van der Waals surface area contributed by atoms with Gasteiger partial charge in [-0.25, -0.2) is 9.37 Å². The topological polar surface area (TPSA) is 73.6 Å². The third-order valence-corrected chi connectivity index (χ3v) is 4.69. The molecule has 0 saturated heterocycles. The van der Waals surface area contributed by atoms with Crippen molar-refractivity contribution < 1.29 is 23.1 Å². The summed E-state index contributed by atoms with van der Waals surface area (Å²) in [5, 5.41) is 2.99. The van der Waals surface area contributed by atoms with E-state index in [4.69, 9.17) is 13.9 Å². The molecule has 0 fully saturated rings. The van der Waals surface area contributed by atoms with Crippen LogP contribution in [-0.4, -0.2) is 24.1 Å². The Morgan fingerprint density at radius 3 is 2.52 bits per heavy atom. The highest BCUT2D eigenvalue weighted by Crippen LogP contribution is 2.30. The molecule has 3 aromatic rings. The first-order valence-electron chi connectivity index (χ1n) is 10.4. The fourth-order valence-corrected chi connectivity index (χ4v) is 3.13. The van der Waals surface area contributed by atoms with Gasteiger partial charge in [-0.05, 0) is 62.7 Å². The summed E-state index contributed by atoms with van der Waals surface area (Å²) in [6, 6.07) is 11.5. The van der Waals surface area contributed by atoms with Crippen molar-refractivity contribution in [2.75, 3.05) is 13.2 Å². The van der Waals surface area contributed by atoms with Gasteiger partial charge in [0, 0.05) is 18.4 Å². The quantitative estimate of drug-likeness (QED) is 0.489. The maximum Gasteiger partial charge on any atom is 0.220 e. The standard InChI is InChI=1S/C24H27FN2O4/c1-4-29-20-11-8-18(14-21(20)30-5-2)16(3)27-23(28)12-13-24-26-15-22(31-24)17-6-9-19(25)10-7-17/h6-11,14-16H,4-5,12-13H2,1-3H3,(H,27,28). The largest absolute Gasteiger partial charge is 0.490 e. The molecule has 0 spiro atoms. The molecule has 1 unspecified atom stereocenters. The summed E-state index contributed by atoms with van der Waals surface area (Å²) in [6.07, 6.45) is 2.19. The highest BCUT2D eigenvalue weighted by molar-refractivity contribution is 5.76. The second kappa shape index (κ2) is 10.6. The van der Waals surface area contributed by atoms with Crippen molar-refractivity contribution in [1.29, 1.82) is 0 Å². The number of carbonyl (C=O) groups is 1. The van der Waals surface area contributed by atoms with Crippen LogP contribution >= 0.6 is 0 Å². The molecule has 1 atom stereocenters. The molecule has 1 amide bonds. The molecule has 31 heavy (non-hydrogen) atoms. The number of hydrogen-bond acceptors (Lipinski definition) is 5. The predicted molar refractivity (Wildman–Crippen MR) is 116 cm³/mol. The van der Waals surface area contributed by atoms with Crippen LogP contribution in [0.1, 0.15) is 44.7 Å². The lowest BCUT2D eigenvalue weighted by Gasteiger charge is -2.17. The van der Waals surface area contributed by atoms with Gasteiger partial charge < -0.3 is 19.2 Å². The first-order chi connectivity index (χ1) is 15.0. The molecular weight excluding hydrogens is 399 g/mol. The van der Waals surface area contributed by atoms with Crippen molar-refractivity contribution in [3.63, 3.8) is 0 Å². The van der Waals surface area contributed by atoms with E-state index in [-0.39, 0.29) is 24.2 Å². The molecule has 7 heteroatoms. The minimum atomic E-state index is -0.310. The molecule has 0 bridgehead atoms. The van der Waals surface area contributed by atoms with Gasteiger partial charge in [-0.1, -0.05) is 6.07 Å². The SMILES string of the molecule is CCOc1ccc(C(C)NC(=O)CCc2ncc(-c3ccc(F)cc3)o2)cc1OCC. The minimum Gasteiger partial charge on any atom is -0.490 e. The van der Waals surface area contributed by atoms with E-state index in [1.807, 2.05) is 39.0 Å². The number of aryl methyl sites for hydroxylation is 1. The zero-order chi connectivity index (χ0) is 22.2. The van der Waals surface area contributed by atoms with Crippen LogP contribution in [0.3, 0.4) is 0 Å². The number of hydrogen-bond donors (Lipinski definition) is 1. The molecular formula is C24H27FN2O4. The first kappa shape index (κ1) is 22.3. The average Bonchev–Trinajstić information content (AvgIpc) is 3.23. The molecule has 1 aromatic heterocycles. The third kappa shape index (κ3) is 6.07. The van der Waals surface area contributed by atoms with E-state index in [1.54, 1.807) is 18.3 Å². The molecule has 0 radical (unpaired) electrons. The Morgan fingerprint density at radius 2 is 1.81 bits per heavy atom. The lowest BCUT2D eigenvalue weighted by atomic mass is 10.1. The minimum absolute atomic E-state index is 0.110. The Bertz CT molecular complexity index is 1000. The third-order valence-electron chi connectivity index (χ3n) is 4.69. The fourth-order valence-electron chi connectivity index (χ4n) is 3.13. The number of aromatic nitrogens is 1. The van der Waals surface area contributed by atoms with E-state index >= 15 is 0 Å². The van der Waals surface area contributed by atoms with Crippen LogP contribution in [0.4, 0.5) is 4.39 Å². The van der Waals surface area contributed by atoms with Gasteiger partial charge >= 0.3 is 0 Å². The summed E-state index contributed by atoms with van der Waals surface area (Å²) in [5.41, 5.74) is 1.66. The molecule has 1 heterocycles. The van der Waals surface area contributed by atoms with Gasteiger partial charge in [-0.15, -0.1) is 0 Å². The number of halogens is 1. The molecule has 0 aliphatic carbocycles. The van der Waals surface area contributed by atoms with Crippen molar-refractivity contribution in [1.82, 2.24) is 10.3 Å². The van der Waals surface area contributed by atoms with Crippen LogP contribution in [0, 0.1) is 5.82 Å². The van der Waals surface area contributed by atoms with Crippen molar-refractivity contribution in [3.8, 4) is 22.8 Å². The zero-order valence-electron chi connectivity index (χ0n) is 18.0. The summed E-state index contributed by atoms with van der Waals surface area (Å²) in [7, 11) is 0. The maximum atomic E-state index is 13.1. The smallest absolute Gasteiger partial charge is 0.220 e. The lowest BCUT2D eigenvalue weighted by Crippen LogP contribution is -2.26. The normalized spacial score (nSPS) is 11.7. The Morgan fingerprint density at radius 1 is 1.10 bits per heavy atom. The second-order valence-electron chi connectivity index (χ2n) is 6.99. The Kier molecular flexibility index (Phi) is 7.65. The van der Waals surface area contributed by atoms with Crippen LogP contribution in [0.15, 0.2) is 53.1 Å². The molecule has 0 saturated carbocycles. The summed E-state index contributed by atoms with van der Waals surface area (Å²) in [4.78, 5) is 16.6. The summed E-state index contributed by atoms with van der Waals surface area (Å²) in [6.45, 7) is 6.83. The number of nitrogens with one attached hydrogen (secondary N) is 1. The van der Waals surface area contributed by atoms with E-state index in [1.165, 1.54) is 12.1 Å². The zero-order valence-corrected chi connectivity index (χ0v) is 18.0. The van der Waals surface area contributed by atoms with Crippen LogP contribution in [0.25, 0.3) is 11.3 Å². The Labute approximate surface area is 181 Å². The highest BCUT2D eigenvalue weighted by Gasteiger charge is 2.15. The van der Waals surface area contributed by atoms with Gasteiger partial charge in [-0.2, -0.15) is 0 Å². The highest BCUT2D eigenvalue weighted by atomic mass is 19.1. The monoisotopic (exact) mass is 426 g/mol. The van der Waals surface area contributed by atoms with Crippen LogP contribution < -0.4 is 14.8 Å². The van der Waals surface area contributed by atoms with Crippen LogP contribution in [-0.2, 0) is 11.2 Å². The van der Waals surface area contributed by atoms with Crippen molar-refractivity contribution >= 4 is 5.91 Å². The number of carbonyl (C=O) groups excluding carboxylic acids is 1. The number of ether oxygens (including phenoxy) is 2. The van der Waals surface area contributed by atoms with Gasteiger partial charge in [0.15, 0.2) is 23.1 Å². The predicted octanol–water partition coefficient (Wildman–Crippen LogP) is 5.09. The van der Waals surface area contributed by atoms with Crippen molar-refractivity contribution in [2.45, 2.75) is 39.7 Å². The van der Waals surface area contributed by atoms with E-state index < -0.39 is 0 Å². The fraction of sp³-hybridized carbons (Fsp3) is 0.333. The van der Waals surface area contributed by atoms with Crippen molar-refractivity contribution in [3.05, 3.63) is 65.9 Å². The van der Waals surface area contributed by atoms with E-state index in [2.05, 4.69) is 10.3 Å². The second-order valence-corrected chi connectivity index (χ2v) is 6.99. The average molecular weight is 426 g/mol. The number of amides is 1. The lowest BCUT2D eigenvalue weighted by molar-refractivity contribution is -0.121. The van der Waals surface area contributed by atoms with Crippen LogP contribution in [0.5, 0.6) is 11.5 Å². The molecule has 0 aliphatic heterocycles. The molecule has 2 aromatic carbocycles. The molecule has 164 valence electrons. The van der Waals surface area contributed by atoms with Gasteiger partial charge in [0.25, 0.3) is 0 Å². The summed E-state index contributed by atoms with van der Waals surface area (Å²) < 4.78 is 30.0. The van der Waals surface area contributed by atoms with Gasteiger partial charge in [-0.3, -0.25) is 4.79 Å². The maximum absolute atomic E-state index is 13.1. The summed E-state index contributed by atoms with van der Waals surface area (Å²) in [5.74, 6) is 1.93. The molecule has 0 aliphatic rings. The molecule has 1 N–H and O–H groups in total. The van der Waals surface area contributed by atoms with Gasteiger partial charge in [0.1, 0.15) is 5.82 Å². The van der Waals surface area contributed by atoms with Gasteiger partial charge in [0.2, 0.25) is 5.91 Å². The Balaban J connectivity index is 1.56. The number of nitrogens with zero attached hydrogens (tertiary/aromatic N) is 1. The molecule has 6 nitrogen and oxygen atoms in total. The summed E-state index contributed by atoms with van der Waals surface area (Å²) >= 11 is 0. The number of oxazole rings is 1. The molecule has 3 rings (SSSR count). The van der Waals surface area contributed by atoms with Crippen molar-refractivity contribution in [2.24, 2.45) is 0 Å². The van der Waals surface area contributed by atoms with E-state index in [0.29, 0.717) is 42.8 Å². The first-order valence-corrected chi connectivity index (χ1v) is 10.4. The number of benzene rings is 2.